The average molecular weight is 296 g/mol. The Morgan fingerprint density at radius 3 is 2.57 bits per heavy atom. The van der Waals surface area contributed by atoms with Gasteiger partial charge in [-0.05, 0) is 38.5 Å². The number of amides is 2. The van der Waals surface area contributed by atoms with E-state index in [1.807, 2.05) is 4.90 Å². The third-order valence-corrected chi connectivity index (χ3v) is 4.85. The van der Waals surface area contributed by atoms with Crippen molar-refractivity contribution < 1.29 is 14.7 Å². The van der Waals surface area contributed by atoms with Gasteiger partial charge in [0.05, 0.1) is 12.0 Å². The third kappa shape index (κ3) is 3.96. The number of rotatable bonds is 4. The Hall–Kier alpha value is -1.10. The maximum absolute atomic E-state index is 12.3. The van der Waals surface area contributed by atoms with Crippen LogP contribution >= 0.6 is 0 Å². The Balaban J connectivity index is 1.91. The summed E-state index contributed by atoms with van der Waals surface area (Å²) in [6.07, 6.45) is 4.28. The molecule has 1 aliphatic heterocycles. The average Bonchev–Trinajstić information content (AvgIpc) is 2.80. The highest BCUT2D eigenvalue weighted by molar-refractivity contribution is 5.89. The summed E-state index contributed by atoms with van der Waals surface area (Å²) in [7, 11) is 1.70. The van der Waals surface area contributed by atoms with E-state index in [4.69, 9.17) is 0 Å². The summed E-state index contributed by atoms with van der Waals surface area (Å²) in [6, 6.07) is 0.327. The zero-order valence-electron chi connectivity index (χ0n) is 13.4. The molecule has 1 saturated carbocycles. The lowest BCUT2D eigenvalue weighted by Crippen LogP contribution is -2.41. The quantitative estimate of drug-likeness (QED) is 0.849. The molecule has 2 amide bonds. The molecule has 120 valence electrons. The molecule has 0 aromatic rings. The molecule has 0 aromatic carbocycles. The monoisotopic (exact) mass is 296 g/mol. The minimum atomic E-state index is -0.535. The fourth-order valence-corrected chi connectivity index (χ4v) is 3.60. The second kappa shape index (κ2) is 6.77. The van der Waals surface area contributed by atoms with Crippen molar-refractivity contribution in [2.45, 2.75) is 58.1 Å². The van der Waals surface area contributed by atoms with Gasteiger partial charge in [0.1, 0.15) is 0 Å². The molecule has 1 N–H and O–H groups in total. The Labute approximate surface area is 127 Å². The van der Waals surface area contributed by atoms with Crippen LogP contribution in [0.2, 0.25) is 0 Å². The van der Waals surface area contributed by atoms with Crippen LogP contribution in [0.1, 0.15) is 46.0 Å². The standard InChI is InChI=1S/C16H28N2O3/c1-11-4-6-14(7-5-11)18-10-13(8-15(18)20)16(21)17(3)9-12(2)19/h11-14,19H,4-10H2,1-3H3/t11?,12-,13-,14?/m1/s1. The van der Waals surface area contributed by atoms with Crippen molar-refractivity contribution in [3.8, 4) is 0 Å². The van der Waals surface area contributed by atoms with Gasteiger partial charge >= 0.3 is 0 Å². The summed E-state index contributed by atoms with van der Waals surface area (Å²) in [4.78, 5) is 28.0. The second-order valence-corrected chi connectivity index (χ2v) is 6.93. The molecule has 5 heteroatoms. The van der Waals surface area contributed by atoms with Crippen molar-refractivity contribution in [1.82, 2.24) is 9.80 Å². The van der Waals surface area contributed by atoms with Crippen LogP contribution in [0.3, 0.4) is 0 Å². The summed E-state index contributed by atoms with van der Waals surface area (Å²) >= 11 is 0. The van der Waals surface area contributed by atoms with Gasteiger partial charge in [0.25, 0.3) is 0 Å². The van der Waals surface area contributed by atoms with Crippen LogP contribution in [0.15, 0.2) is 0 Å². The van der Waals surface area contributed by atoms with Crippen molar-refractivity contribution in [3.05, 3.63) is 0 Å². The molecule has 2 rings (SSSR count). The van der Waals surface area contributed by atoms with Crippen LogP contribution in [-0.2, 0) is 9.59 Å². The minimum Gasteiger partial charge on any atom is -0.392 e. The molecule has 2 aliphatic rings. The minimum absolute atomic E-state index is 0.0177. The highest BCUT2D eigenvalue weighted by Gasteiger charge is 2.39. The van der Waals surface area contributed by atoms with E-state index < -0.39 is 6.10 Å². The van der Waals surface area contributed by atoms with E-state index in [0.29, 0.717) is 25.6 Å². The van der Waals surface area contributed by atoms with Gasteiger partial charge in [-0.3, -0.25) is 9.59 Å². The normalized spacial score (nSPS) is 31.3. The maximum atomic E-state index is 12.3. The maximum Gasteiger partial charge on any atom is 0.227 e. The van der Waals surface area contributed by atoms with Crippen LogP contribution in [0.25, 0.3) is 0 Å². The topological polar surface area (TPSA) is 60.9 Å². The van der Waals surface area contributed by atoms with Crippen molar-refractivity contribution in [2.24, 2.45) is 11.8 Å². The highest BCUT2D eigenvalue weighted by Crippen LogP contribution is 2.31. The first-order valence-corrected chi connectivity index (χ1v) is 8.11. The Bertz CT molecular complexity index is 389. The molecule has 2 fully saturated rings. The molecular formula is C16H28N2O3. The van der Waals surface area contributed by atoms with E-state index in [1.165, 1.54) is 12.8 Å². The first kappa shape index (κ1) is 16.3. The summed E-state index contributed by atoms with van der Waals surface area (Å²) in [5.41, 5.74) is 0. The molecular weight excluding hydrogens is 268 g/mol. The summed E-state index contributed by atoms with van der Waals surface area (Å²) in [5.74, 6) is 0.628. The van der Waals surface area contributed by atoms with Gasteiger partial charge < -0.3 is 14.9 Å². The lowest BCUT2D eigenvalue weighted by Gasteiger charge is -2.33. The van der Waals surface area contributed by atoms with E-state index in [1.54, 1.807) is 18.9 Å². The van der Waals surface area contributed by atoms with Gasteiger partial charge in [0.2, 0.25) is 11.8 Å². The van der Waals surface area contributed by atoms with E-state index in [0.717, 1.165) is 18.8 Å². The van der Waals surface area contributed by atoms with Crippen LogP contribution < -0.4 is 0 Å². The van der Waals surface area contributed by atoms with Crippen LogP contribution in [-0.4, -0.2) is 59.0 Å². The van der Waals surface area contributed by atoms with E-state index in [2.05, 4.69) is 6.92 Å². The van der Waals surface area contributed by atoms with Crippen molar-refractivity contribution >= 4 is 11.8 Å². The second-order valence-electron chi connectivity index (χ2n) is 6.93. The zero-order valence-corrected chi connectivity index (χ0v) is 13.4. The van der Waals surface area contributed by atoms with E-state index >= 15 is 0 Å². The van der Waals surface area contributed by atoms with Gasteiger partial charge in [-0.15, -0.1) is 0 Å². The largest absolute Gasteiger partial charge is 0.392 e. The van der Waals surface area contributed by atoms with Gasteiger partial charge in [-0.1, -0.05) is 6.92 Å². The number of likely N-dealkylation sites (tertiary alicyclic amines) is 1. The number of hydrogen-bond acceptors (Lipinski definition) is 3. The Morgan fingerprint density at radius 2 is 2.00 bits per heavy atom. The number of carbonyl (C=O) groups excluding carboxylic acids is 2. The predicted molar refractivity (Wildman–Crippen MR) is 80.6 cm³/mol. The molecule has 1 saturated heterocycles. The van der Waals surface area contributed by atoms with Gasteiger partial charge in [-0.25, -0.2) is 0 Å². The zero-order chi connectivity index (χ0) is 15.6. The molecule has 0 unspecified atom stereocenters. The summed E-state index contributed by atoms with van der Waals surface area (Å²) in [5, 5.41) is 9.38. The third-order valence-electron chi connectivity index (χ3n) is 4.85. The fraction of sp³-hybridized carbons (Fsp3) is 0.875. The summed E-state index contributed by atoms with van der Waals surface area (Å²) < 4.78 is 0. The van der Waals surface area contributed by atoms with Gasteiger partial charge in [-0.2, -0.15) is 0 Å². The number of aliphatic hydroxyl groups excluding tert-OH is 1. The molecule has 5 nitrogen and oxygen atoms in total. The lowest BCUT2D eigenvalue weighted by atomic mass is 9.86. The molecule has 0 bridgehead atoms. The molecule has 0 spiro atoms. The number of carbonyl (C=O) groups is 2. The van der Waals surface area contributed by atoms with Crippen LogP contribution in [0.5, 0.6) is 0 Å². The molecule has 1 heterocycles. The lowest BCUT2D eigenvalue weighted by molar-refractivity contribution is -0.135. The first-order valence-electron chi connectivity index (χ1n) is 8.11. The van der Waals surface area contributed by atoms with Crippen molar-refractivity contribution in [3.63, 3.8) is 0 Å². The van der Waals surface area contributed by atoms with E-state index in [9.17, 15) is 14.7 Å². The van der Waals surface area contributed by atoms with Crippen molar-refractivity contribution in [2.75, 3.05) is 20.1 Å². The molecule has 0 aromatic heterocycles. The SMILES string of the molecule is CC1CCC(N2C[C@H](C(=O)N(C)C[C@@H](C)O)CC2=O)CC1. The fourth-order valence-electron chi connectivity index (χ4n) is 3.60. The van der Waals surface area contributed by atoms with Gasteiger partial charge in [0, 0.05) is 32.6 Å². The molecule has 1 aliphatic carbocycles. The summed E-state index contributed by atoms with van der Waals surface area (Å²) in [6.45, 7) is 4.81. The first-order chi connectivity index (χ1) is 9.88. The van der Waals surface area contributed by atoms with E-state index in [-0.39, 0.29) is 17.7 Å². The Morgan fingerprint density at radius 1 is 1.38 bits per heavy atom. The van der Waals surface area contributed by atoms with Crippen LogP contribution in [0, 0.1) is 11.8 Å². The number of hydrogen-bond donors (Lipinski definition) is 1. The molecule has 0 radical (unpaired) electrons. The predicted octanol–water partition coefficient (Wildman–Crippen LogP) is 1.25. The number of likely N-dealkylation sites (N-methyl/N-ethyl adjacent to an activating group) is 1. The molecule has 21 heavy (non-hydrogen) atoms. The number of nitrogens with zero attached hydrogens (tertiary/aromatic N) is 2. The Kier molecular flexibility index (Phi) is 5.25. The van der Waals surface area contributed by atoms with Gasteiger partial charge in [0.15, 0.2) is 0 Å². The smallest absolute Gasteiger partial charge is 0.227 e. The molecule has 2 atom stereocenters. The number of aliphatic hydroxyl groups is 1. The van der Waals surface area contributed by atoms with Crippen LogP contribution in [0.4, 0.5) is 0 Å². The highest BCUT2D eigenvalue weighted by atomic mass is 16.3. The van der Waals surface area contributed by atoms with Crippen molar-refractivity contribution in [1.29, 1.82) is 0 Å².